The number of hydrogen-bond donors (Lipinski definition) is 2. The highest BCUT2D eigenvalue weighted by molar-refractivity contribution is 5.88. The van der Waals surface area contributed by atoms with Crippen molar-refractivity contribution < 1.29 is 29.0 Å². The maximum Gasteiger partial charge on any atom is 0.407 e. The van der Waals surface area contributed by atoms with Crippen LogP contribution >= 0.6 is 0 Å². The quantitative estimate of drug-likeness (QED) is 0.672. The van der Waals surface area contributed by atoms with Gasteiger partial charge in [-0.15, -0.1) is 0 Å². The van der Waals surface area contributed by atoms with Gasteiger partial charge in [0.05, 0.1) is 12.5 Å². The molecular weight excluding hydrogens is 424 g/mol. The maximum atomic E-state index is 13.0. The van der Waals surface area contributed by atoms with E-state index in [0.29, 0.717) is 13.0 Å². The van der Waals surface area contributed by atoms with Gasteiger partial charge in [-0.1, -0.05) is 48.5 Å². The standard InChI is InChI=1S/C25H26N2O6/c1-32-13-20(23(28)27-11-14-10-21(27)22(14)24(29)30)26-25(31)33-12-19-17-8-4-2-6-15(17)16-7-3-5-9-18(16)19/h2-9,14,19-22H,10-13H2,1H3,(H,26,31)(H,29,30). The summed E-state index contributed by atoms with van der Waals surface area (Å²) in [6.07, 6.45) is -0.0125. The fourth-order valence-electron chi connectivity index (χ4n) is 5.56. The molecule has 0 aromatic heterocycles. The van der Waals surface area contributed by atoms with Gasteiger partial charge < -0.3 is 24.8 Å². The zero-order chi connectivity index (χ0) is 23.1. The van der Waals surface area contributed by atoms with Gasteiger partial charge in [-0.25, -0.2) is 4.79 Å². The van der Waals surface area contributed by atoms with Crippen LogP contribution in [0, 0.1) is 11.8 Å². The number of carbonyl (C=O) groups excluding carboxylic acids is 2. The van der Waals surface area contributed by atoms with E-state index in [-0.39, 0.29) is 37.0 Å². The van der Waals surface area contributed by atoms with Crippen LogP contribution < -0.4 is 5.32 Å². The molecule has 2 aliphatic carbocycles. The summed E-state index contributed by atoms with van der Waals surface area (Å²) in [5.74, 6) is -1.83. The highest BCUT2D eigenvalue weighted by Gasteiger charge is 2.57. The van der Waals surface area contributed by atoms with E-state index in [4.69, 9.17) is 9.47 Å². The van der Waals surface area contributed by atoms with Gasteiger partial charge in [-0.3, -0.25) is 9.59 Å². The number of fused-ring (bicyclic) bond motifs is 4. The molecule has 0 radical (unpaired) electrons. The number of nitrogens with zero attached hydrogens (tertiary/aromatic N) is 1. The number of rotatable bonds is 7. The van der Waals surface area contributed by atoms with Gasteiger partial charge in [-0.05, 0) is 34.6 Å². The molecular formula is C25H26N2O6. The van der Waals surface area contributed by atoms with Crippen molar-refractivity contribution in [3.05, 3.63) is 59.7 Å². The van der Waals surface area contributed by atoms with Crippen LogP contribution in [0.15, 0.2) is 48.5 Å². The molecule has 2 aromatic carbocycles. The minimum absolute atomic E-state index is 0.0192. The molecule has 2 aromatic rings. The topological polar surface area (TPSA) is 105 Å². The summed E-state index contributed by atoms with van der Waals surface area (Å²) in [6.45, 7) is 0.519. The number of methoxy groups -OCH3 is 1. The molecule has 8 heteroatoms. The van der Waals surface area contributed by atoms with E-state index in [1.54, 1.807) is 4.90 Å². The molecule has 33 heavy (non-hydrogen) atoms. The Balaban J connectivity index is 1.24. The molecule has 4 unspecified atom stereocenters. The van der Waals surface area contributed by atoms with Crippen molar-refractivity contribution >= 4 is 18.0 Å². The molecule has 6 rings (SSSR count). The first-order valence-electron chi connectivity index (χ1n) is 11.1. The number of carbonyl (C=O) groups is 3. The Morgan fingerprint density at radius 3 is 2.30 bits per heavy atom. The molecule has 2 amide bonds. The van der Waals surface area contributed by atoms with Crippen LogP contribution in [0.5, 0.6) is 0 Å². The number of ether oxygens (including phenoxy) is 2. The fourth-order valence-corrected chi connectivity index (χ4v) is 5.56. The van der Waals surface area contributed by atoms with E-state index >= 15 is 0 Å². The van der Waals surface area contributed by atoms with Gasteiger partial charge in [0, 0.05) is 25.6 Å². The molecule has 2 heterocycles. The number of carboxylic acid groups (broad SMARTS) is 1. The van der Waals surface area contributed by atoms with Gasteiger partial charge in [0.1, 0.15) is 12.6 Å². The summed E-state index contributed by atoms with van der Waals surface area (Å²) >= 11 is 0. The molecule has 172 valence electrons. The summed E-state index contributed by atoms with van der Waals surface area (Å²) in [4.78, 5) is 38.7. The zero-order valence-electron chi connectivity index (χ0n) is 18.3. The molecule has 2 saturated heterocycles. The van der Waals surface area contributed by atoms with Crippen molar-refractivity contribution in [3.8, 4) is 11.1 Å². The second kappa shape index (κ2) is 8.51. The zero-order valence-corrected chi connectivity index (χ0v) is 18.3. The Bertz CT molecular complexity index is 1060. The number of amides is 2. The lowest BCUT2D eigenvalue weighted by Gasteiger charge is -2.34. The van der Waals surface area contributed by atoms with E-state index in [1.807, 2.05) is 36.4 Å². The molecule has 4 atom stereocenters. The summed E-state index contributed by atoms with van der Waals surface area (Å²) in [7, 11) is 1.45. The van der Waals surface area contributed by atoms with Crippen LogP contribution in [0.25, 0.3) is 11.1 Å². The van der Waals surface area contributed by atoms with Crippen molar-refractivity contribution in [3.63, 3.8) is 0 Å². The lowest BCUT2D eigenvalue weighted by atomic mass is 9.74. The van der Waals surface area contributed by atoms with Crippen molar-refractivity contribution in [2.24, 2.45) is 11.8 Å². The first kappa shape index (κ1) is 21.5. The second-order valence-corrected chi connectivity index (χ2v) is 8.90. The monoisotopic (exact) mass is 450 g/mol. The third-order valence-electron chi connectivity index (χ3n) is 7.13. The third kappa shape index (κ3) is 3.64. The van der Waals surface area contributed by atoms with Crippen LogP contribution in [-0.2, 0) is 19.1 Å². The first-order valence-corrected chi connectivity index (χ1v) is 11.1. The van der Waals surface area contributed by atoms with Crippen molar-refractivity contribution in [1.82, 2.24) is 10.2 Å². The minimum Gasteiger partial charge on any atom is -0.481 e. The predicted octanol–water partition coefficient (Wildman–Crippen LogP) is 2.47. The SMILES string of the molecule is COCC(NC(=O)OCC1c2ccccc2-c2ccccc21)C(=O)N1CC2CC1C2C(=O)O. The van der Waals surface area contributed by atoms with Crippen LogP contribution in [0.1, 0.15) is 23.5 Å². The summed E-state index contributed by atoms with van der Waals surface area (Å²) in [6, 6.07) is 14.9. The average molecular weight is 450 g/mol. The lowest BCUT2D eigenvalue weighted by molar-refractivity contribution is -0.148. The van der Waals surface area contributed by atoms with E-state index in [0.717, 1.165) is 22.3 Å². The normalized spacial score (nSPS) is 23.3. The van der Waals surface area contributed by atoms with Crippen LogP contribution in [-0.4, -0.2) is 66.9 Å². The number of carboxylic acids is 1. The van der Waals surface area contributed by atoms with Crippen LogP contribution in [0.4, 0.5) is 4.79 Å². The minimum atomic E-state index is -0.931. The van der Waals surface area contributed by atoms with E-state index in [9.17, 15) is 19.5 Å². The van der Waals surface area contributed by atoms with E-state index < -0.39 is 24.0 Å². The Morgan fingerprint density at radius 2 is 1.73 bits per heavy atom. The largest absolute Gasteiger partial charge is 0.481 e. The summed E-state index contributed by atoms with van der Waals surface area (Å²) in [5, 5.41) is 12.0. The predicted molar refractivity (Wildman–Crippen MR) is 119 cm³/mol. The van der Waals surface area contributed by atoms with Crippen molar-refractivity contribution in [2.75, 3.05) is 26.9 Å². The van der Waals surface area contributed by atoms with Crippen molar-refractivity contribution in [2.45, 2.75) is 24.4 Å². The second-order valence-electron chi connectivity index (χ2n) is 8.90. The molecule has 0 spiro atoms. The molecule has 4 aliphatic rings. The lowest BCUT2D eigenvalue weighted by Crippen LogP contribution is -2.53. The van der Waals surface area contributed by atoms with E-state index in [1.165, 1.54) is 7.11 Å². The Hall–Kier alpha value is -3.39. The van der Waals surface area contributed by atoms with E-state index in [2.05, 4.69) is 17.4 Å². The molecule has 8 nitrogen and oxygen atoms in total. The van der Waals surface area contributed by atoms with Gasteiger partial charge in [0.15, 0.2) is 0 Å². The van der Waals surface area contributed by atoms with Gasteiger partial charge in [0.25, 0.3) is 0 Å². The van der Waals surface area contributed by atoms with Gasteiger partial charge in [0.2, 0.25) is 5.91 Å². The summed E-state index contributed by atoms with van der Waals surface area (Å²) in [5.41, 5.74) is 4.48. The number of hydrogen-bond acceptors (Lipinski definition) is 5. The fraction of sp³-hybridized carbons (Fsp3) is 0.400. The van der Waals surface area contributed by atoms with Gasteiger partial charge in [-0.2, -0.15) is 0 Å². The van der Waals surface area contributed by atoms with Crippen molar-refractivity contribution in [1.29, 1.82) is 0 Å². The number of nitrogens with one attached hydrogen (secondary N) is 1. The van der Waals surface area contributed by atoms with Gasteiger partial charge >= 0.3 is 12.1 Å². The Kier molecular flexibility index (Phi) is 5.54. The summed E-state index contributed by atoms with van der Waals surface area (Å²) < 4.78 is 10.7. The van der Waals surface area contributed by atoms with Crippen LogP contribution in [0.3, 0.4) is 0 Å². The number of aliphatic carboxylic acids is 1. The smallest absolute Gasteiger partial charge is 0.407 e. The molecule has 3 fully saturated rings. The molecule has 2 N–H and O–H groups in total. The highest BCUT2D eigenvalue weighted by Crippen LogP contribution is 2.47. The Labute approximate surface area is 191 Å². The number of benzene rings is 2. The molecule has 1 saturated carbocycles. The average Bonchev–Trinajstić information content (AvgIpc) is 3.47. The van der Waals surface area contributed by atoms with Crippen LogP contribution in [0.2, 0.25) is 0 Å². The highest BCUT2D eigenvalue weighted by atomic mass is 16.5. The number of alkyl carbamates (subject to hydrolysis) is 1. The third-order valence-corrected chi connectivity index (χ3v) is 7.13. The molecule has 2 bridgehead atoms. The first-order chi connectivity index (χ1) is 16.0. The maximum absolute atomic E-state index is 13.0. The Morgan fingerprint density at radius 1 is 1.09 bits per heavy atom. The molecule has 2 aliphatic heterocycles.